The lowest BCUT2D eigenvalue weighted by atomic mass is 9.96. The Morgan fingerprint density at radius 2 is 1.90 bits per heavy atom. The Balaban J connectivity index is 1.84. The highest BCUT2D eigenvalue weighted by molar-refractivity contribution is 5.94. The number of nitrogens with zero attached hydrogens (tertiary/aromatic N) is 1. The van der Waals surface area contributed by atoms with Crippen molar-refractivity contribution in [3.63, 3.8) is 0 Å². The molecule has 102 valence electrons. The maximum atomic E-state index is 11.7. The van der Waals surface area contributed by atoms with Gasteiger partial charge in [0.2, 0.25) is 0 Å². The number of rotatable bonds is 2. The third kappa shape index (κ3) is 2.39. The van der Waals surface area contributed by atoms with Crippen molar-refractivity contribution in [2.24, 2.45) is 0 Å². The molecule has 0 saturated heterocycles. The van der Waals surface area contributed by atoms with Gasteiger partial charge in [0.1, 0.15) is 0 Å². The molecule has 20 heavy (non-hydrogen) atoms. The van der Waals surface area contributed by atoms with E-state index in [4.69, 9.17) is 0 Å². The molecule has 0 aromatic heterocycles. The molecule has 2 aromatic rings. The van der Waals surface area contributed by atoms with Crippen LogP contribution in [0.5, 0.6) is 0 Å². The zero-order chi connectivity index (χ0) is 13.9. The fourth-order valence-electron chi connectivity index (χ4n) is 2.70. The first-order chi connectivity index (χ1) is 9.78. The lowest BCUT2D eigenvalue weighted by Crippen LogP contribution is -2.30. The Labute approximate surface area is 119 Å². The number of anilines is 1. The smallest absolute Gasteiger partial charge is 0.251 e. The van der Waals surface area contributed by atoms with Gasteiger partial charge in [0.05, 0.1) is 0 Å². The van der Waals surface area contributed by atoms with E-state index < -0.39 is 0 Å². The van der Waals surface area contributed by atoms with Crippen LogP contribution in [0.4, 0.5) is 5.69 Å². The van der Waals surface area contributed by atoms with Gasteiger partial charge in [-0.3, -0.25) is 4.79 Å². The highest BCUT2D eigenvalue weighted by atomic mass is 16.1. The second kappa shape index (κ2) is 5.37. The number of hydrogen-bond acceptors (Lipinski definition) is 2. The molecule has 0 bridgehead atoms. The van der Waals surface area contributed by atoms with Crippen molar-refractivity contribution in [3.8, 4) is 0 Å². The number of carbonyl (C=O) groups is 1. The van der Waals surface area contributed by atoms with Crippen LogP contribution in [0.1, 0.15) is 21.5 Å². The number of hydrogen-bond donors (Lipinski definition) is 1. The van der Waals surface area contributed by atoms with E-state index in [1.54, 1.807) is 7.05 Å². The van der Waals surface area contributed by atoms with E-state index in [1.165, 1.54) is 16.8 Å². The third-order valence-electron chi connectivity index (χ3n) is 3.83. The third-order valence-corrected chi connectivity index (χ3v) is 3.83. The molecule has 0 unspecified atom stereocenters. The van der Waals surface area contributed by atoms with Crippen LogP contribution in [-0.2, 0) is 13.0 Å². The van der Waals surface area contributed by atoms with Gasteiger partial charge in [-0.2, -0.15) is 0 Å². The van der Waals surface area contributed by atoms with Crippen LogP contribution in [0.2, 0.25) is 0 Å². The predicted molar refractivity (Wildman–Crippen MR) is 81.0 cm³/mol. The highest BCUT2D eigenvalue weighted by Gasteiger charge is 2.17. The minimum Gasteiger partial charge on any atom is -0.367 e. The zero-order valence-corrected chi connectivity index (χ0v) is 11.6. The summed E-state index contributed by atoms with van der Waals surface area (Å²) in [7, 11) is 1.67. The van der Waals surface area contributed by atoms with Crippen molar-refractivity contribution in [3.05, 3.63) is 65.2 Å². The first-order valence-electron chi connectivity index (χ1n) is 6.92. The topological polar surface area (TPSA) is 32.3 Å². The van der Waals surface area contributed by atoms with Crippen LogP contribution in [0.25, 0.3) is 0 Å². The lowest BCUT2D eigenvalue weighted by molar-refractivity contribution is 0.0963. The van der Waals surface area contributed by atoms with Crippen LogP contribution >= 0.6 is 0 Å². The molecule has 1 aliphatic rings. The zero-order valence-electron chi connectivity index (χ0n) is 11.6. The molecule has 0 fully saturated rings. The summed E-state index contributed by atoms with van der Waals surface area (Å²) in [5.74, 6) is -0.0155. The number of benzene rings is 2. The average Bonchev–Trinajstić information content (AvgIpc) is 2.54. The first-order valence-corrected chi connectivity index (χ1v) is 6.92. The Hall–Kier alpha value is -2.29. The van der Waals surface area contributed by atoms with Crippen LogP contribution in [0.3, 0.4) is 0 Å². The molecular formula is C17H18N2O. The largest absolute Gasteiger partial charge is 0.367 e. The van der Waals surface area contributed by atoms with Gasteiger partial charge in [0.15, 0.2) is 0 Å². The maximum Gasteiger partial charge on any atom is 0.251 e. The minimum atomic E-state index is -0.0155. The predicted octanol–water partition coefficient (Wildman–Crippen LogP) is 2.61. The Morgan fingerprint density at radius 1 is 1.10 bits per heavy atom. The van der Waals surface area contributed by atoms with Crippen LogP contribution in [0.15, 0.2) is 48.5 Å². The Kier molecular flexibility index (Phi) is 3.42. The van der Waals surface area contributed by atoms with Gasteiger partial charge in [-0.1, -0.05) is 24.3 Å². The van der Waals surface area contributed by atoms with Crippen molar-refractivity contribution in [1.82, 2.24) is 5.32 Å². The first kappa shape index (κ1) is 12.7. The van der Waals surface area contributed by atoms with Crippen molar-refractivity contribution >= 4 is 11.6 Å². The highest BCUT2D eigenvalue weighted by Crippen LogP contribution is 2.25. The maximum absolute atomic E-state index is 11.7. The van der Waals surface area contributed by atoms with Gasteiger partial charge < -0.3 is 10.2 Å². The quantitative estimate of drug-likeness (QED) is 0.906. The summed E-state index contributed by atoms with van der Waals surface area (Å²) in [4.78, 5) is 14.0. The summed E-state index contributed by atoms with van der Waals surface area (Å²) in [6.45, 7) is 1.90. The molecule has 0 radical (unpaired) electrons. The summed E-state index contributed by atoms with van der Waals surface area (Å²) in [5.41, 5.74) is 4.61. The van der Waals surface area contributed by atoms with Crippen molar-refractivity contribution in [2.45, 2.75) is 13.0 Å². The second-order valence-corrected chi connectivity index (χ2v) is 5.07. The van der Waals surface area contributed by atoms with Crippen LogP contribution in [-0.4, -0.2) is 19.5 Å². The Bertz CT molecular complexity index is 622. The SMILES string of the molecule is CNC(=O)c1ccc2c(c1)CCN(c1ccccc1)C2. The van der Waals surface area contributed by atoms with Crippen LogP contribution in [0, 0.1) is 0 Å². The number of fused-ring (bicyclic) bond motifs is 1. The summed E-state index contributed by atoms with van der Waals surface area (Å²) in [6.07, 6.45) is 0.981. The molecule has 1 aliphatic heterocycles. The average molecular weight is 266 g/mol. The van der Waals surface area contributed by atoms with E-state index in [0.717, 1.165) is 25.1 Å². The number of amides is 1. The fourth-order valence-corrected chi connectivity index (χ4v) is 2.70. The van der Waals surface area contributed by atoms with E-state index in [-0.39, 0.29) is 5.91 Å². The lowest BCUT2D eigenvalue weighted by Gasteiger charge is -2.31. The van der Waals surface area contributed by atoms with Gasteiger partial charge in [0, 0.05) is 31.4 Å². The van der Waals surface area contributed by atoms with Crippen molar-refractivity contribution < 1.29 is 4.79 Å². The van der Waals surface area contributed by atoms with E-state index >= 15 is 0 Å². The fraction of sp³-hybridized carbons (Fsp3) is 0.235. The van der Waals surface area contributed by atoms with E-state index in [1.807, 2.05) is 18.2 Å². The van der Waals surface area contributed by atoms with E-state index in [2.05, 4.69) is 40.5 Å². The molecule has 0 saturated carbocycles. The van der Waals surface area contributed by atoms with Gasteiger partial charge in [-0.25, -0.2) is 0 Å². The number of para-hydroxylation sites is 1. The summed E-state index contributed by atoms with van der Waals surface area (Å²) < 4.78 is 0. The van der Waals surface area contributed by atoms with E-state index in [9.17, 15) is 4.79 Å². The molecule has 0 atom stereocenters. The molecule has 3 heteroatoms. The van der Waals surface area contributed by atoms with Crippen molar-refractivity contribution in [2.75, 3.05) is 18.5 Å². The summed E-state index contributed by atoms with van der Waals surface area (Å²) >= 11 is 0. The molecule has 0 aliphatic carbocycles. The molecule has 1 heterocycles. The molecule has 3 nitrogen and oxygen atoms in total. The molecule has 1 N–H and O–H groups in total. The molecule has 0 spiro atoms. The molecule has 3 rings (SSSR count). The van der Waals surface area contributed by atoms with E-state index in [0.29, 0.717) is 0 Å². The van der Waals surface area contributed by atoms with Gasteiger partial charge >= 0.3 is 0 Å². The molecule has 1 amide bonds. The summed E-state index contributed by atoms with van der Waals surface area (Å²) in [6, 6.07) is 16.5. The van der Waals surface area contributed by atoms with Gasteiger partial charge in [0.25, 0.3) is 5.91 Å². The number of nitrogens with one attached hydrogen (secondary N) is 1. The van der Waals surface area contributed by atoms with Crippen molar-refractivity contribution in [1.29, 1.82) is 0 Å². The van der Waals surface area contributed by atoms with Crippen LogP contribution < -0.4 is 10.2 Å². The number of carbonyl (C=O) groups excluding carboxylic acids is 1. The minimum absolute atomic E-state index is 0.0155. The Morgan fingerprint density at radius 3 is 2.65 bits per heavy atom. The van der Waals surface area contributed by atoms with Gasteiger partial charge in [-0.05, 0) is 41.8 Å². The normalized spacial score (nSPS) is 13.8. The summed E-state index contributed by atoms with van der Waals surface area (Å²) in [5, 5.41) is 2.67. The van der Waals surface area contributed by atoms with Gasteiger partial charge in [-0.15, -0.1) is 0 Å². The second-order valence-electron chi connectivity index (χ2n) is 5.07. The standard InChI is InChI=1S/C17H18N2O/c1-18-17(20)14-7-8-15-12-19(10-9-13(15)11-14)16-5-3-2-4-6-16/h2-8,11H,9-10,12H2,1H3,(H,18,20). The molecular weight excluding hydrogens is 248 g/mol. The molecule has 2 aromatic carbocycles. The monoisotopic (exact) mass is 266 g/mol.